The van der Waals surface area contributed by atoms with Gasteiger partial charge in [0.15, 0.2) is 4.80 Å². The van der Waals surface area contributed by atoms with Crippen LogP contribution >= 0.6 is 27.3 Å². The lowest BCUT2D eigenvalue weighted by Gasteiger charge is -2.26. The summed E-state index contributed by atoms with van der Waals surface area (Å²) in [6, 6.07) is 26.8. The molecule has 0 N–H and O–H groups in total. The van der Waals surface area contributed by atoms with E-state index >= 15 is 0 Å². The van der Waals surface area contributed by atoms with E-state index in [2.05, 4.69) is 40.2 Å². The number of carbonyl (C=O) groups is 1. The Morgan fingerprint density at radius 1 is 1.02 bits per heavy atom. The fourth-order valence-corrected chi connectivity index (χ4v) is 7.05. The highest BCUT2D eigenvalue weighted by atomic mass is 79.9. The van der Waals surface area contributed by atoms with Crippen LogP contribution in [0, 0.1) is 0 Å². The smallest absolute Gasteiger partial charge is 0.338 e. The van der Waals surface area contributed by atoms with Gasteiger partial charge >= 0.3 is 5.97 Å². The van der Waals surface area contributed by atoms with Gasteiger partial charge in [0.05, 0.1) is 28.5 Å². The Hall–Kier alpha value is -4.47. The molecule has 9 heteroatoms. The first-order valence-electron chi connectivity index (χ1n) is 15.1. The molecule has 0 aliphatic carbocycles. The minimum absolute atomic E-state index is 0.114. The zero-order valence-electron chi connectivity index (χ0n) is 26.0. The zero-order valence-corrected chi connectivity index (χ0v) is 28.4. The van der Waals surface area contributed by atoms with Crippen molar-refractivity contribution >= 4 is 50.1 Å². The lowest BCUT2D eigenvalue weighted by Crippen LogP contribution is -2.40. The molecule has 0 amide bonds. The van der Waals surface area contributed by atoms with E-state index in [9.17, 15) is 9.59 Å². The van der Waals surface area contributed by atoms with Crippen molar-refractivity contribution in [1.82, 2.24) is 4.57 Å². The molecule has 1 aliphatic heterocycles. The molecule has 1 aliphatic rings. The predicted molar refractivity (Wildman–Crippen MR) is 185 cm³/mol. The lowest BCUT2D eigenvalue weighted by molar-refractivity contribution is -0.139. The number of fused-ring (bicyclic) bond motifs is 2. The Labute approximate surface area is 279 Å². The van der Waals surface area contributed by atoms with Crippen LogP contribution in [0.15, 0.2) is 110 Å². The first-order chi connectivity index (χ1) is 22.2. The van der Waals surface area contributed by atoms with Gasteiger partial charge in [-0.3, -0.25) is 9.36 Å². The van der Waals surface area contributed by atoms with Crippen molar-refractivity contribution in [1.29, 1.82) is 0 Å². The predicted octanol–water partition coefficient (Wildman–Crippen LogP) is 7.08. The van der Waals surface area contributed by atoms with Crippen LogP contribution in [-0.4, -0.2) is 23.2 Å². The third kappa shape index (κ3) is 6.30. The Bertz CT molecular complexity index is 2160. The number of nitrogens with zero attached hydrogens (tertiary/aromatic N) is 2. The second-order valence-electron chi connectivity index (χ2n) is 11.1. The van der Waals surface area contributed by atoms with Gasteiger partial charge < -0.3 is 14.2 Å². The average molecular weight is 698 g/mol. The minimum atomic E-state index is -0.781. The fourth-order valence-electron chi connectivity index (χ4n) is 5.63. The summed E-state index contributed by atoms with van der Waals surface area (Å²) in [5.74, 6) is 0.709. The summed E-state index contributed by atoms with van der Waals surface area (Å²) < 4.78 is 20.9. The maximum absolute atomic E-state index is 14.3. The third-order valence-electron chi connectivity index (χ3n) is 7.61. The molecule has 0 saturated heterocycles. The van der Waals surface area contributed by atoms with Crippen molar-refractivity contribution in [2.75, 3.05) is 6.61 Å². The molecule has 0 fully saturated rings. The number of ether oxygens (including phenoxy) is 3. The molecule has 0 saturated carbocycles. The van der Waals surface area contributed by atoms with Crippen molar-refractivity contribution in [2.24, 2.45) is 4.99 Å². The van der Waals surface area contributed by atoms with Crippen molar-refractivity contribution in [2.45, 2.75) is 46.4 Å². The van der Waals surface area contributed by atoms with E-state index in [-0.39, 0.29) is 18.3 Å². The number of aromatic nitrogens is 1. The number of hydrogen-bond acceptors (Lipinski definition) is 7. The van der Waals surface area contributed by atoms with Crippen molar-refractivity contribution < 1.29 is 19.0 Å². The van der Waals surface area contributed by atoms with Gasteiger partial charge in [-0.05, 0) is 74.4 Å². The van der Waals surface area contributed by atoms with E-state index in [1.165, 1.54) is 11.3 Å². The highest BCUT2D eigenvalue weighted by Crippen LogP contribution is 2.36. The molecule has 234 valence electrons. The highest BCUT2D eigenvalue weighted by molar-refractivity contribution is 9.10. The molecule has 1 atom stereocenters. The summed E-state index contributed by atoms with van der Waals surface area (Å²) in [5, 5.41) is 2.28. The maximum atomic E-state index is 14.3. The highest BCUT2D eigenvalue weighted by Gasteiger charge is 2.35. The monoisotopic (exact) mass is 696 g/mol. The quantitative estimate of drug-likeness (QED) is 0.154. The van der Waals surface area contributed by atoms with E-state index in [0.717, 1.165) is 26.4 Å². The normalized spacial score (nSPS) is 14.7. The van der Waals surface area contributed by atoms with Crippen LogP contribution in [0.3, 0.4) is 0 Å². The molecular formula is C37H33BrN2O5S. The van der Waals surface area contributed by atoms with Crippen LogP contribution in [0.4, 0.5) is 0 Å². The van der Waals surface area contributed by atoms with Crippen LogP contribution in [0.5, 0.6) is 11.5 Å². The standard InChI is InChI=1S/C37H33BrN2O5S/c1-5-43-36(42)33-23(4)39-37-40(34(33)29-15-8-9-16-31(29)45-22(2)3)35(41)32(46-37)20-26-19-27(38)17-18-30(26)44-21-25-13-10-12-24-11-6-7-14-28(24)25/h6-20,22,34H,5,21H2,1-4H3/b32-20+/t34-/m1/s1. The second kappa shape index (κ2) is 13.5. The van der Waals surface area contributed by atoms with E-state index < -0.39 is 12.0 Å². The molecule has 46 heavy (non-hydrogen) atoms. The Morgan fingerprint density at radius 3 is 2.59 bits per heavy atom. The van der Waals surface area contributed by atoms with Gasteiger partial charge in [0.2, 0.25) is 0 Å². The number of rotatable bonds is 9. The van der Waals surface area contributed by atoms with E-state index in [1.807, 2.05) is 80.6 Å². The van der Waals surface area contributed by atoms with Gasteiger partial charge in [-0.1, -0.05) is 87.9 Å². The summed E-state index contributed by atoms with van der Waals surface area (Å²) in [6.07, 6.45) is 1.71. The summed E-state index contributed by atoms with van der Waals surface area (Å²) >= 11 is 4.85. The van der Waals surface area contributed by atoms with Crippen LogP contribution in [-0.2, 0) is 16.1 Å². The molecule has 0 spiro atoms. The molecule has 1 aromatic heterocycles. The number of halogens is 1. The number of benzene rings is 4. The van der Waals surface area contributed by atoms with Crippen LogP contribution in [0.2, 0.25) is 0 Å². The Kier molecular flexibility index (Phi) is 9.24. The molecule has 7 nitrogen and oxygen atoms in total. The van der Waals surface area contributed by atoms with Crippen LogP contribution in [0.25, 0.3) is 16.8 Å². The van der Waals surface area contributed by atoms with E-state index in [0.29, 0.717) is 44.3 Å². The molecule has 6 rings (SSSR count). The number of allylic oxidation sites excluding steroid dienone is 1. The van der Waals surface area contributed by atoms with E-state index in [4.69, 9.17) is 19.2 Å². The van der Waals surface area contributed by atoms with Gasteiger partial charge in [-0.25, -0.2) is 9.79 Å². The van der Waals surface area contributed by atoms with Gasteiger partial charge in [-0.15, -0.1) is 0 Å². The summed E-state index contributed by atoms with van der Waals surface area (Å²) in [5.41, 5.74) is 3.02. The van der Waals surface area contributed by atoms with Gasteiger partial charge in [-0.2, -0.15) is 0 Å². The van der Waals surface area contributed by atoms with Crippen molar-refractivity contribution in [3.05, 3.63) is 137 Å². The van der Waals surface area contributed by atoms with Crippen LogP contribution in [0.1, 0.15) is 50.4 Å². The van der Waals surface area contributed by atoms with Gasteiger partial charge in [0.25, 0.3) is 5.56 Å². The molecule has 0 bridgehead atoms. The van der Waals surface area contributed by atoms with E-state index in [1.54, 1.807) is 18.4 Å². The van der Waals surface area contributed by atoms with Gasteiger partial charge in [0, 0.05) is 15.6 Å². The van der Waals surface area contributed by atoms with Crippen LogP contribution < -0.4 is 24.4 Å². The first kappa shape index (κ1) is 31.5. The lowest BCUT2D eigenvalue weighted by atomic mass is 9.95. The summed E-state index contributed by atoms with van der Waals surface area (Å²) in [6.45, 7) is 7.96. The zero-order chi connectivity index (χ0) is 32.4. The first-order valence-corrected chi connectivity index (χ1v) is 16.7. The average Bonchev–Trinajstić information content (AvgIpc) is 3.33. The topological polar surface area (TPSA) is 79.1 Å². The number of carbonyl (C=O) groups excluding carboxylic acids is 1. The summed E-state index contributed by atoms with van der Waals surface area (Å²) in [7, 11) is 0. The summed E-state index contributed by atoms with van der Waals surface area (Å²) in [4.78, 5) is 32.9. The number of hydrogen-bond donors (Lipinski definition) is 0. The van der Waals surface area contributed by atoms with Gasteiger partial charge in [0.1, 0.15) is 24.1 Å². The molecule has 0 radical (unpaired) electrons. The molecule has 0 unspecified atom stereocenters. The largest absolute Gasteiger partial charge is 0.491 e. The number of para-hydroxylation sites is 1. The SMILES string of the molecule is CCOC(=O)C1=C(C)N=c2s/c(=C/c3cc(Br)ccc3OCc3cccc4ccccc34)c(=O)n2[C@@H]1c1ccccc1OC(C)C. The Balaban J connectivity index is 1.46. The molecular weight excluding hydrogens is 664 g/mol. The number of esters is 1. The molecule has 4 aromatic carbocycles. The number of thiazole rings is 1. The third-order valence-corrected chi connectivity index (χ3v) is 9.09. The molecule has 2 heterocycles. The molecule has 5 aromatic rings. The second-order valence-corrected chi connectivity index (χ2v) is 13.0. The fraction of sp³-hybridized carbons (Fsp3) is 0.216. The Morgan fingerprint density at radius 2 is 1.78 bits per heavy atom. The minimum Gasteiger partial charge on any atom is -0.491 e. The van der Waals surface area contributed by atoms with Crippen molar-refractivity contribution in [3.63, 3.8) is 0 Å². The van der Waals surface area contributed by atoms with Crippen molar-refractivity contribution in [3.8, 4) is 11.5 Å². The maximum Gasteiger partial charge on any atom is 0.338 e.